The molecule has 0 N–H and O–H groups in total. The van der Waals surface area contributed by atoms with Gasteiger partial charge in [0.05, 0.1) is 10.7 Å². The van der Waals surface area contributed by atoms with Crippen LogP contribution in [0.5, 0.6) is 0 Å². The molecule has 0 saturated heterocycles. The molecular formula is C19H12ClF3N4O2. The van der Waals surface area contributed by atoms with Gasteiger partial charge in [0.25, 0.3) is 0 Å². The van der Waals surface area contributed by atoms with Gasteiger partial charge in [-0.05, 0) is 30.7 Å². The number of fused-ring (bicyclic) bond motifs is 1. The van der Waals surface area contributed by atoms with Crippen molar-refractivity contribution < 1.29 is 22.7 Å². The zero-order valence-electron chi connectivity index (χ0n) is 14.8. The van der Waals surface area contributed by atoms with Crippen LogP contribution >= 0.6 is 11.6 Å². The first kappa shape index (κ1) is 19.1. The number of ether oxygens (including phenoxy) is 1. The number of pyridine rings is 1. The van der Waals surface area contributed by atoms with Gasteiger partial charge < -0.3 is 4.74 Å². The number of nitrogens with zero attached hydrogens (tertiary/aromatic N) is 4. The molecule has 1 unspecified atom stereocenters. The van der Waals surface area contributed by atoms with Crippen molar-refractivity contribution in [1.82, 2.24) is 14.8 Å². The Kier molecular flexibility index (Phi) is 4.62. The number of aryl methyl sites for hydroxylation is 1. The van der Waals surface area contributed by atoms with Crippen molar-refractivity contribution in [2.24, 2.45) is 4.99 Å². The number of hydrogen-bond acceptors (Lipinski definition) is 5. The van der Waals surface area contributed by atoms with Crippen molar-refractivity contribution in [2.75, 3.05) is 0 Å². The second kappa shape index (κ2) is 7.00. The lowest BCUT2D eigenvalue weighted by Crippen LogP contribution is -2.21. The fourth-order valence-corrected chi connectivity index (χ4v) is 3.23. The lowest BCUT2D eigenvalue weighted by Gasteiger charge is -2.24. The molecule has 0 fully saturated rings. The zero-order chi connectivity index (χ0) is 20.8. The van der Waals surface area contributed by atoms with Crippen molar-refractivity contribution in [3.05, 3.63) is 70.1 Å². The number of aromatic nitrogens is 3. The quantitative estimate of drug-likeness (QED) is 0.581. The summed E-state index contributed by atoms with van der Waals surface area (Å²) in [6.07, 6.45) is -3.79. The summed E-state index contributed by atoms with van der Waals surface area (Å²) in [5, 5.41) is 3.70. The van der Waals surface area contributed by atoms with Gasteiger partial charge in [0, 0.05) is 17.8 Å². The molecule has 1 atom stereocenters. The molecule has 0 spiro atoms. The van der Waals surface area contributed by atoms with Crippen LogP contribution in [0.3, 0.4) is 0 Å². The number of alkyl halides is 3. The first-order valence-electron chi connectivity index (χ1n) is 8.38. The van der Waals surface area contributed by atoms with Gasteiger partial charge in [0.2, 0.25) is 5.90 Å². The molecule has 1 aromatic carbocycles. The molecule has 148 valence electrons. The average molecular weight is 421 g/mol. The van der Waals surface area contributed by atoms with Gasteiger partial charge in [0.15, 0.2) is 23.9 Å². The summed E-state index contributed by atoms with van der Waals surface area (Å²) in [7, 11) is 0. The molecule has 3 aromatic rings. The van der Waals surface area contributed by atoms with Gasteiger partial charge in [-0.3, -0.25) is 4.79 Å². The standard InChI is InChI=1S/C19H12ClF3N4O2/c1-10-4-2-6-12-16(10)14(9-28)29-18(25-12)13-8-15(19(21,22)23)26-27(13)17-11(20)5-3-7-24-17/h2-9,14H,1H3. The average Bonchev–Trinajstić information content (AvgIpc) is 3.13. The molecule has 4 rings (SSSR count). The number of hydrogen-bond donors (Lipinski definition) is 0. The highest BCUT2D eigenvalue weighted by molar-refractivity contribution is 6.32. The van der Waals surface area contributed by atoms with E-state index in [-0.39, 0.29) is 22.4 Å². The first-order valence-corrected chi connectivity index (χ1v) is 8.76. The third-order valence-electron chi connectivity index (χ3n) is 4.33. The number of aldehydes is 1. The van der Waals surface area contributed by atoms with Crippen molar-refractivity contribution in [3.63, 3.8) is 0 Å². The Hall–Kier alpha value is -3.20. The van der Waals surface area contributed by atoms with Gasteiger partial charge in [-0.2, -0.15) is 18.3 Å². The third-order valence-corrected chi connectivity index (χ3v) is 4.62. The molecule has 1 aliphatic heterocycles. The Morgan fingerprint density at radius 2 is 2.03 bits per heavy atom. The molecule has 0 aliphatic carbocycles. The van der Waals surface area contributed by atoms with Crippen LogP contribution < -0.4 is 0 Å². The Morgan fingerprint density at radius 1 is 1.24 bits per heavy atom. The SMILES string of the molecule is Cc1cccc2c1C(C=O)OC(c1cc(C(F)(F)F)nn1-c1ncccc1Cl)=N2. The highest BCUT2D eigenvalue weighted by atomic mass is 35.5. The smallest absolute Gasteiger partial charge is 0.435 e. The van der Waals surface area contributed by atoms with E-state index < -0.39 is 18.0 Å². The Balaban J connectivity index is 1.94. The summed E-state index contributed by atoms with van der Waals surface area (Å²) in [6, 6.07) is 8.97. The molecule has 0 radical (unpaired) electrons. The summed E-state index contributed by atoms with van der Waals surface area (Å²) in [5.41, 5.74) is 0.468. The molecule has 10 heteroatoms. The number of rotatable bonds is 3. The van der Waals surface area contributed by atoms with Crippen LogP contribution in [0.25, 0.3) is 5.82 Å². The van der Waals surface area contributed by atoms with Crippen LogP contribution in [0.4, 0.5) is 18.9 Å². The minimum atomic E-state index is -4.71. The normalized spacial score (nSPS) is 16.0. The van der Waals surface area contributed by atoms with E-state index in [4.69, 9.17) is 16.3 Å². The molecule has 0 saturated carbocycles. The van der Waals surface area contributed by atoms with Crippen molar-refractivity contribution >= 4 is 29.5 Å². The number of aliphatic imine (C=N–C) groups is 1. The number of carbonyl (C=O) groups is 1. The summed E-state index contributed by atoms with van der Waals surface area (Å²) >= 11 is 6.11. The Labute approximate surface area is 167 Å². The van der Waals surface area contributed by atoms with Gasteiger partial charge in [0.1, 0.15) is 5.69 Å². The second-order valence-corrected chi connectivity index (χ2v) is 6.64. The van der Waals surface area contributed by atoms with Gasteiger partial charge in [-0.15, -0.1) is 0 Å². The van der Waals surface area contributed by atoms with Crippen LogP contribution in [-0.4, -0.2) is 26.9 Å². The fourth-order valence-electron chi connectivity index (χ4n) is 3.03. The van der Waals surface area contributed by atoms with Gasteiger partial charge in [-0.25, -0.2) is 14.7 Å². The van der Waals surface area contributed by atoms with Crippen molar-refractivity contribution in [2.45, 2.75) is 19.2 Å². The van der Waals surface area contributed by atoms with E-state index in [0.717, 1.165) is 16.3 Å². The number of benzene rings is 1. The summed E-state index contributed by atoms with van der Waals surface area (Å²) in [4.78, 5) is 19.9. The molecule has 2 aromatic heterocycles. The first-order chi connectivity index (χ1) is 13.8. The van der Waals surface area contributed by atoms with E-state index in [1.54, 1.807) is 25.1 Å². The monoisotopic (exact) mass is 420 g/mol. The summed E-state index contributed by atoms with van der Waals surface area (Å²) < 4.78 is 46.5. The largest absolute Gasteiger partial charge is 0.460 e. The minimum absolute atomic E-state index is 0.0244. The fraction of sp³-hybridized carbons (Fsp3) is 0.158. The van der Waals surface area contributed by atoms with E-state index in [2.05, 4.69) is 15.1 Å². The highest BCUT2D eigenvalue weighted by Crippen LogP contribution is 2.37. The molecule has 1 aliphatic rings. The van der Waals surface area contributed by atoms with E-state index >= 15 is 0 Å². The maximum absolute atomic E-state index is 13.3. The Bertz CT molecular complexity index is 1140. The van der Waals surface area contributed by atoms with E-state index in [0.29, 0.717) is 17.5 Å². The zero-order valence-corrected chi connectivity index (χ0v) is 15.6. The van der Waals surface area contributed by atoms with Crippen molar-refractivity contribution in [3.8, 4) is 5.82 Å². The molecular weight excluding hydrogens is 409 g/mol. The van der Waals surface area contributed by atoms with Gasteiger partial charge >= 0.3 is 6.18 Å². The van der Waals surface area contributed by atoms with Crippen molar-refractivity contribution in [1.29, 1.82) is 0 Å². The minimum Gasteiger partial charge on any atom is -0.460 e. The predicted octanol–water partition coefficient (Wildman–Crippen LogP) is 4.60. The third kappa shape index (κ3) is 3.38. The highest BCUT2D eigenvalue weighted by Gasteiger charge is 2.37. The number of carbonyl (C=O) groups excluding carboxylic acids is 1. The predicted molar refractivity (Wildman–Crippen MR) is 98.6 cm³/mol. The molecule has 6 nitrogen and oxygen atoms in total. The topological polar surface area (TPSA) is 69.4 Å². The maximum atomic E-state index is 13.3. The molecule has 3 heterocycles. The summed E-state index contributed by atoms with van der Waals surface area (Å²) in [6.45, 7) is 1.79. The van der Waals surface area contributed by atoms with E-state index in [1.165, 1.54) is 18.3 Å². The Morgan fingerprint density at radius 3 is 2.72 bits per heavy atom. The molecule has 0 bridgehead atoms. The summed E-state index contributed by atoms with van der Waals surface area (Å²) in [5.74, 6) is -0.214. The lowest BCUT2D eigenvalue weighted by molar-refractivity contribution is -0.141. The van der Waals surface area contributed by atoms with E-state index in [1.807, 2.05) is 0 Å². The maximum Gasteiger partial charge on any atom is 0.435 e. The molecule has 29 heavy (non-hydrogen) atoms. The van der Waals surface area contributed by atoms with Crippen LogP contribution in [-0.2, 0) is 15.7 Å². The van der Waals surface area contributed by atoms with Gasteiger partial charge in [-0.1, -0.05) is 23.7 Å². The molecule has 0 amide bonds. The number of halogens is 4. The van der Waals surface area contributed by atoms with Crippen LogP contribution in [0.1, 0.15) is 28.6 Å². The second-order valence-electron chi connectivity index (χ2n) is 6.23. The van der Waals surface area contributed by atoms with Crippen LogP contribution in [0.15, 0.2) is 47.6 Å². The van der Waals surface area contributed by atoms with E-state index in [9.17, 15) is 18.0 Å². The van der Waals surface area contributed by atoms with Crippen LogP contribution in [0, 0.1) is 6.92 Å². The lowest BCUT2D eigenvalue weighted by atomic mass is 10.0. The van der Waals surface area contributed by atoms with Crippen LogP contribution in [0.2, 0.25) is 5.02 Å².